The molecule has 3 aliphatic rings. The molecule has 4 heteroatoms. The van der Waals surface area contributed by atoms with Crippen LogP contribution in [0.15, 0.2) is 0 Å². The fourth-order valence-corrected chi connectivity index (χ4v) is 2.95. The summed E-state index contributed by atoms with van der Waals surface area (Å²) in [6.45, 7) is 4.32. The maximum atomic E-state index is 12.1. The Hall–Kier alpha value is -0.610. The zero-order valence-corrected chi connectivity index (χ0v) is 10.5. The van der Waals surface area contributed by atoms with Crippen molar-refractivity contribution in [3.63, 3.8) is 0 Å². The quantitative estimate of drug-likeness (QED) is 0.696. The van der Waals surface area contributed by atoms with Crippen LogP contribution in [0.5, 0.6) is 0 Å². The summed E-state index contributed by atoms with van der Waals surface area (Å²) >= 11 is 0. The molecule has 0 N–H and O–H groups in total. The second-order valence-electron chi connectivity index (χ2n) is 5.60. The largest absolute Gasteiger partial charge is 0.347 e. The standard InChI is InChI=1S/C13H21NO3/c1-10-9-16-13(17-10)5-7-14(8-6-13)12(15)11-3-2-4-11/h10-11H,2-9H2,1H3. The molecule has 1 atom stereocenters. The van der Waals surface area contributed by atoms with Crippen LogP contribution in [0.25, 0.3) is 0 Å². The molecule has 0 bridgehead atoms. The molecule has 0 aromatic carbocycles. The van der Waals surface area contributed by atoms with Crippen LogP contribution in [0.1, 0.15) is 39.0 Å². The number of nitrogens with zero attached hydrogens (tertiary/aromatic N) is 1. The Morgan fingerprint density at radius 3 is 2.47 bits per heavy atom. The van der Waals surface area contributed by atoms with Crippen molar-refractivity contribution in [1.29, 1.82) is 0 Å². The van der Waals surface area contributed by atoms with E-state index in [-0.39, 0.29) is 11.9 Å². The number of hydrogen-bond donors (Lipinski definition) is 0. The van der Waals surface area contributed by atoms with Gasteiger partial charge in [0.15, 0.2) is 5.79 Å². The lowest BCUT2D eigenvalue weighted by molar-refractivity contribution is -0.196. The van der Waals surface area contributed by atoms with Crippen LogP contribution in [0, 0.1) is 5.92 Å². The van der Waals surface area contributed by atoms with Crippen LogP contribution >= 0.6 is 0 Å². The number of carbonyl (C=O) groups is 1. The molecule has 96 valence electrons. The van der Waals surface area contributed by atoms with Crippen molar-refractivity contribution < 1.29 is 14.3 Å². The average molecular weight is 239 g/mol. The lowest BCUT2D eigenvalue weighted by Gasteiger charge is -2.40. The van der Waals surface area contributed by atoms with Crippen molar-refractivity contribution in [2.45, 2.75) is 50.9 Å². The highest BCUT2D eigenvalue weighted by molar-refractivity contribution is 5.79. The fraction of sp³-hybridized carbons (Fsp3) is 0.923. The first-order valence-electron chi connectivity index (χ1n) is 6.79. The van der Waals surface area contributed by atoms with Gasteiger partial charge >= 0.3 is 0 Å². The fourth-order valence-electron chi connectivity index (χ4n) is 2.95. The molecule has 1 aliphatic carbocycles. The van der Waals surface area contributed by atoms with Crippen molar-refractivity contribution in [1.82, 2.24) is 4.90 Å². The second kappa shape index (κ2) is 4.25. The van der Waals surface area contributed by atoms with Gasteiger partial charge < -0.3 is 14.4 Å². The number of piperidine rings is 1. The average Bonchev–Trinajstić information content (AvgIpc) is 2.58. The number of hydrogen-bond acceptors (Lipinski definition) is 3. The maximum Gasteiger partial charge on any atom is 0.225 e. The Labute approximate surface area is 102 Å². The van der Waals surface area contributed by atoms with Gasteiger partial charge in [0.05, 0.1) is 12.7 Å². The van der Waals surface area contributed by atoms with Gasteiger partial charge in [-0.2, -0.15) is 0 Å². The first-order chi connectivity index (χ1) is 8.19. The summed E-state index contributed by atoms with van der Waals surface area (Å²) in [6.07, 6.45) is 5.25. The van der Waals surface area contributed by atoms with E-state index in [1.54, 1.807) is 0 Å². The van der Waals surface area contributed by atoms with Gasteiger partial charge in [-0.05, 0) is 19.8 Å². The molecule has 2 heterocycles. The van der Waals surface area contributed by atoms with Crippen molar-refractivity contribution in [2.75, 3.05) is 19.7 Å². The van der Waals surface area contributed by atoms with E-state index in [9.17, 15) is 4.79 Å². The molecule has 2 saturated heterocycles. The Kier molecular flexibility index (Phi) is 2.87. The topological polar surface area (TPSA) is 38.8 Å². The summed E-state index contributed by atoms with van der Waals surface area (Å²) in [6, 6.07) is 0. The van der Waals surface area contributed by atoms with Crippen molar-refractivity contribution in [3.05, 3.63) is 0 Å². The van der Waals surface area contributed by atoms with E-state index in [1.165, 1.54) is 6.42 Å². The summed E-state index contributed by atoms with van der Waals surface area (Å²) in [5, 5.41) is 0. The summed E-state index contributed by atoms with van der Waals surface area (Å²) in [5.41, 5.74) is 0. The molecule has 0 aromatic heterocycles. The Morgan fingerprint density at radius 2 is 2.00 bits per heavy atom. The Balaban J connectivity index is 1.55. The van der Waals surface area contributed by atoms with E-state index in [2.05, 4.69) is 0 Å². The third kappa shape index (κ3) is 2.08. The monoisotopic (exact) mass is 239 g/mol. The highest BCUT2D eigenvalue weighted by Gasteiger charge is 2.44. The van der Waals surface area contributed by atoms with Gasteiger partial charge in [-0.1, -0.05) is 6.42 Å². The van der Waals surface area contributed by atoms with Gasteiger partial charge in [-0.3, -0.25) is 4.79 Å². The first-order valence-corrected chi connectivity index (χ1v) is 6.79. The zero-order chi connectivity index (χ0) is 11.9. The minimum atomic E-state index is -0.379. The van der Waals surface area contributed by atoms with Crippen LogP contribution in [0.4, 0.5) is 0 Å². The molecular formula is C13H21NO3. The Morgan fingerprint density at radius 1 is 1.29 bits per heavy atom. The molecule has 4 nitrogen and oxygen atoms in total. The lowest BCUT2D eigenvalue weighted by atomic mass is 9.84. The molecule has 3 rings (SSSR count). The van der Waals surface area contributed by atoms with Crippen LogP contribution in [0.3, 0.4) is 0 Å². The van der Waals surface area contributed by atoms with Gasteiger partial charge in [0.2, 0.25) is 5.91 Å². The zero-order valence-electron chi connectivity index (χ0n) is 10.5. The van der Waals surface area contributed by atoms with Crippen LogP contribution in [-0.4, -0.2) is 42.4 Å². The summed E-state index contributed by atoms with van der Waals surface area (Å²) in [4.78, 5) is 14.1. The highest BCUT2D eigenvalue weighted by Crippen LogP contribution is 2.35. The highest BCUT2D eigenvalue weighted by atomic mass is 16.7. The molecule has 1 amide bonds. The summed E-state index contributed by atoms with van der Waals surface area (Å²) in [7, 11) is 0. The maximum absolute atomic E-state index is 12.1. The van der Waals surface area contributed by atoms with Crippen molar-refractivity contribution in [3.8, 4) is 0 Å². The van der Waals surface area contributed by atoms with E-state index in [4.69, 9.17) is 9.47 Å². The molecule has 2 aliphatic heterocycles. The first kappa shape index (κ1) is 11.5. The second-order valence-corrected chi connectivity index (χ2v) is 5.60. The number of likely N-dealkylation sites (tertiary alicyclic amines) is 1. The molecule has 1 saturated carbocycles. The minimum absolute atomic E-state index is 0.198. The Bertz CT molecular complexity index is 306. The summed E-state index contributed by atoms with van der Waals surface area (Å²) < 4.78 is 11.6. The van der Waals surface area contributed by atoms with E-state index in [0.717, 1.165) is 38.8 Å². The lowest BCUT2D eigenvalue weighted by Crippen LogP contribution is -2.49. The van der Waals surface area contributed by atoms with E-state index < -0.39 is 0 Å². The van der Waals surface area contributed by atoms with Crippen LogP contribution < -0.4 is 0 Å². The van der Waals surface area contributed by atoms with Gasteiger partial charge in [0.1, 0.15) is 0 Å². The number of ether oxygens (including phenoxy) is 2. The predicted octanol–water partition coefficient (Wildman–Crippen LogP) is 1.54. The molecule has 17 heavy (non-hydrogen) atoms. The van der Waals surface area contributed by atoms with E-state index in [1.807, 2.05) is 11.8 Å². The predicted molar refractivity (Wildman–Crippen MR) is 62.4 cm³/mol. The third-order valence-electron chi connectivity index (χ3n) is 4.29. The third-order valence-corrected chi connectivity index (χ3v) is 4.29. The van der Waals surface area contributed by atoms with Gasteiger partial charge in [0, 0.05) is 31.8 Å². The van der Waals surface area contributed by atoms with E-state index in [0.29, 0.717) is 18.4 Å². The van der Waals surface area contributed by atoms with Gasteiger partial charge in [0.25, 0.3) is 0 Å². The van der Waals surface area contributed by atoms with Gasteiger partial charge in [-0.25, -0.2) is 0 Å². The van der Waals surface area contributed by atoms with Crippen LogP contribution in [-0.2, 0) is 14.3 Å². The molecule has 3 fully saturated rings. The molecule has 1 unspecified atom stereocenters. The number of carbonyl (C=O) groups excluding carboxylic acids is 1. The molecule has 0 radical (unpaired) electrons. The summed E-state index contributed by atoms with van der Waals surface area (Å²) in [5.74, 6) is 0.293. The van der Waals surface area contributed by atoms with Gasteiger partial charge in [-0.15, -0.1) is 0 Å². The number of rotatable bonds is 1. The molecule has 0 aromatic rings. The SMILES string of the molecule is CC1COC2(CCN(C(=O)C3CCC3)CC2)O1. The molecular weight excluding hydrogens is 218 g/mol. The minimum Gasteiger partial charge on any atom is -0.347 e. The van der Waals surface area contributed by atoms with Crippen molar-refractivity contribution >= 4 is 5.91 Å². The molecule has 1 spiro atoms. The number of amides is 1. The smallest absolute Gasteiger partial charge is 0.225 e. The van der Waals surface area contributed by atoms with Crippen molar-refractivity contribution in [2.24, 2.45) is 5.92 Å². The normalized spacial score (nSPS) is 32.8. The van der Waals surface area contributed by atoms with Crippen LogP contribution in [0.2, 0.25) is 0 Å². The van der Waals surface area contributed by atoms with E-state index >= 15 is 0 Å².